The molecule has 0 saturated heterocycles. The summed E-state index contributed by atoms with van der Waals surface area (Å²) >= 11 is 0. The van der Waals surface area contributed by atoms with Gasteiger partial charge in [-0.1, -0.05) is 154 Å². The first-order valence-corrected chi connectivity index (χ1v) is 15.6. The average molecular weight is 395 g/mol. The predicted molar refractivity (Wildman–Crippen MR) is 131 cm³/mol. The lowest BCUT2D eigenvalue weighted by atomic mass is 10.1. The summed E-state index contributed by atoms with van der Waals surface area (Å²) in [6.45, 7) is 9.47. The highest BCUT2D eigenvalue weighted by atomic mass is 28.3. The summed E-state index contributed by atoms with van der Waals surface area (Å²) in [7, 11) is -1.12. The molecule has 27 heavy (non-hydrogen) atoms. The Balaban J connectivity index is 3.96. The van der Waals surface area contributed by atoms with E-state index >= 15 is 0 Å². The summed E-state index contributed by atoms with van der Waals surface area (Å²) in [5.74, 6) is 0. The van der Waals surface area contributed by atoms with E-state index in [1.165, 1.54) is 115 Å². The minimum atomic E-state index is -1.12. The summed E-state index contributed by atoms with van der Waals surface area (Å²) in [5.41, 5.74) is 2.78. The fourth-order valence-electron chi connectivity index (χ4n) is 4.30. The summed E-state index contributed by atoms with van der Waals surface area (Å²) in [6.07, 6.45) is 27.0. The lowest BCUT2D eigenvalue weighted by Gasteiger charge is -2.27. The van der Waals surface area contributed by atoms with E-state index in [0.717, 1.165) is 0 Å². The molecule has 0 aliphatic heterocycles. The van der Waals surface area contributed by atoms with Crippen LogP contribution < -0.4 is 0 Å². The first kappa shape index (κ1) is 27.0. The number of allylic oxidation sites excluding steroid dienone is 1. The van der Waals surface area contributed by atoms with Gasteiger partial charge in [0.25, 0.3) is 0 Å². The molecule has 0 aromatic carbocycles. The van der Waals surface area contributed by atoms with Gasteiger partial charge in [0.15, 0.2) is 0 Å². The number of hydrogen-bond donors (Lipinski definition) is 0. The maximum absolute atomic E-state index is 2.78. The van der Waals surface area contributed by atoms with E-state index in [2.05, 4.69) is 39.5 Å². The maximum Gasteiger partial charge on any atom is 0.0771 e. The third-order valence-electron chi connectivity index (χ3n) is 6.46. The molecule has 0 N–H and O–H groups in total. The van der Waals surface area contributed by atoms with E-state index < -0.39 is 8.07 Å². The van der Waals surface area contributed by atoms with E-state index in [9.17, 15) is 0 Å². The lowest BCUT2D eigenvalue weighted by Crippen LogP contribution is -2.30. The van der Waals surface area contributed by atoms with Gasteiger partial charge in [0, 0.05) is 0 Å². The minimum Gasteiger partial charge on any atom is -0.0981 e. The molecule has 0 nitrogen and oxygen atoms in total. The van der Waals surface area contributed by atoms with Crippen LogP contribution in [0.25, 0.3) is 0 Å². The zero-order valence-electron chi connectivity index (χ0n) is 19.8. The fraction of sp³-hybridized carbons (Fsp3) is 0.923. The van der Waals surface area contributed by atoms with Gasteiger partial charge in [-0.25, -0.2) is 0 Å². The van der Waals surface area contributed by atoms with E-state index in [0.29, 0.717) is 0 Å². The molecule has 162 valence electrons. The summed E-state index contributed by atoms with van der Waals surface area (Å²) in [6, 6.07) is 4.57. The molecule has 1 heteroatoms. The number of rotatable bonds is 21. The van der Waals surface area contributed by atoms with E-state index in [4.69, 9.17) is 0 Å². The molecule has 0 aromatic heterocycles. The average Bonchev–Trinajstić information content (AvgIpc) is 2.68. The second-order valence-electron chi connectivity index (χ2n) is 9.00. The number of hydrogen-bond acceptors (Lipinski definition) is 0. The van der Waals surface area contributed by atoms with Crippen molar-refractivity contribution < 1.29 is 0 Å². The highest BCUT2D eigenvalue weighted by Crippen LogP contribution is 2.28. The summed E-state index contributed by atoms with van der Waals surface area (Å²) in [5, 5.41) is 0. The molecule has 0 bridgehead atoms. The van der Waals surface area contributed by atoms with Crippen LogP contribution in [0.4, 0.5) is 0 Å². The molecule has 0 heterocycles. The van der Waals surface area contributed by atoms with Gasteiger partial charge < -0.3 is 0 Å². The Morgan fingerprint density at radius 1 is 0.481 bits per heavy atom. The van der Waals surface area contributed by atoms with Crippen LogP contribution in [0.1, 0.15) is 137 Å². The van der Waals surface area contributed by atoms with Crippen molar-refractivity contribution in [2.24, 2.45) is 0 Å². The van der Waals surface area contributed by atoms with Gasteiger partial charge in [-0.15, -0.1) is 0 Å². The van der Waals surface area contributed by atoms with Crippen molar-refractivity contribution in [3.05, 3.63) is 11.8 Å². The second kappa shape index (κ2) is 20.7. The van der Waals surface area contributed by atoms with Gasteiger partial charge >= 0.3 is 0 Å². The molecular formula is C26H54Si. The van der Waals surface area contributed by atoms with Crippen molar-refractivity contribution in [3.63, 3.8) is 0 Å². The monoisotopic (exact) mass is 394 g/mol. The first-order valence-electron chi connectivity index (χ1n) is 12.9. The maximum atomic E-state index is 2.78. The zero-order chi connectivity index (χ0) is 20.1. The van der Waals surface area contributed by atoms with E-state index in [1.54, 1.807) is 12.1 Å². The van der Waals surface area contributed by atoms with Crippen LogP contribution in [0.15, 0.2) is 11.8 Å². The van der Waals surface area contributed by atoms with Crippen LogP contribution in [-0.2, 0) is 0 Å². The highest BCUT2D eigenvalue weighted by Gasteiger charge is 2.26. The quantitative estimate of drug-likeness (QED) is 0.134. The molecule has 0 saturated carbocycles. The van der Waals surface area contributed by atoms with Crippen LogP contribution in [0, 0.1) is 0 Å². The molecule has 0 aliphatic rings. The molecule has 0 aliphatic carbocycles. The largest absolute Gasteiger partial charge is 0.0981 e. The molecule has 0 spiro atoms. The molecular weight excluding hydrogens is 340 g/mol. The second-order valence-corrected chi connectivity index (χ2v) is 13.8. The van der Waals surface area contributed by atoms with Gasteiger partial charge in [-0.05, 0) is 12.8 Å². The molecule has 0 aromatic rings. The Kier molecular flexibility index (Phi) is 20.7. The third-order valence-corrected chi connectivity index (χ3v) is 11.5. The predicted octanol–water partition coefficient (Wildman–Crippen LogP) is 10.2. The normalized spacial score (nSPS) is 12.3. The molecule has 0 atom stereocenters. The fourth-order valence-corrected chi connectivity index (χ4v) is 8.40. The summed E-state index contributed by atoms with van der Waals surface area (Å²) in [4.78, 5) is 0. The molecule has 0 unspecified atom stereocenters. The standard InChI is InChI=1S/C26H54Si/c1-5-9-12-13-14-15-16-17-18-19-20-23-26-27(8-4,24-21-10-6-2)25-22-11-7-3/h23,26H,5-22,24-25H2,1-4H3. The van der Waals surface area contributed by atoms with Crippen LogP contribution >= 0.6 is 0 Å². The third kappa shape index (κ3) is 16.6. The first-order chi connectivity index (χ1) is 13.2. The van der Waals surface area contributed by atoms with Crippen molar-refractivity contribution in [1.82, 2.24) is 0 Å². The van der Waals surface area contributed by atoms with E-state index in [1.807, 2.05) is 0 Å². The molecule has 0 amide bonds. The van der Waals surface area contributed by atoms with Gasteiger partial charge in [0.05, 0.1) is 8.07 Å². The SMILES string of the molecule is CCCCCCCCCCCCC=C[Si](CC)(CCCCC)CCCCC. The molecule has 0 rings (SSSR count). The zero-order valence-corrected chi connectivity index (χ0v) is 20.8. The van der Waals surface area contributed by atoms with Gasteiger partial charge in [0.1, 0.15) is 0 Å². The van der Waals surface area contributed by atoms with Crippen molar-refractivity contribution >= 4 is 8.07 Å². The van der Waals surface area contributed by atoms with Crippen molar-refractivity contribution in [2.75, 3.05) is 0 Å². The Labute approximate surface area is 175 Å². The summed E-state index contributed by atoms with van der Waals surface area (Å²) < 4.78 is 0. The van der Waals surface area contributed by atoms with Crippen LogP contribution in [-0.4, -0.2) is 8.07 Å². The minimum absolute atomic E-state index is 1.12. The molecule has 0 radical (unpaired) electrons. The van der Waals surface area contributed by atoms with Gasteiger partial charge in [-0.2, -0.15) is 0 Å². The Morgan fingerprint density at radius 2 is 0.889 bits per heavy atom. The van der Waals surface area contributed by atoms with Crippen molar-refractivity contribution in [2.45, 2.75) is 155 Å². The smallest absolute Gasteiger partial charge is 0.0771 e. The Hall–Kier alpha value is -0.0431. The Bertz CT molecular complexity index is 297. The highest BCUT2D eigenvalue weighted by molar-refractivity contribution is 6.84. The molecule has 0 fully saturated rings. The Morgan fingerprint density at radius 3 is 1.33 bits per heavy atom. The van der Waals surface area contributed by atoms with Crippen LogP contribution in [0.3, 0.4) is 0 Å². The topological polar surface area (TPSA) is 0 Å². The van der Waals surface area contributed by atoms with Gasteiger partial charge in [-0.3, -0.25) is 0 Å². The van der Waals surface area contributed by atoms with Crippen LogP contribution in [0.5, 0.6) is 0 Å². The van der Waals surface area contributed by atoms with Gasteiger partial charge in [0.2, 0.25) is 0 Å². The number of unbranched alkanes of at least 4 members (excludes halogenated alkanes) is 14. The van der Waals surface area contributed by atoms with Crippen molar-refractivity contribution in [1.29, 1.82) is 0 Å². The van der Waals surface area contributed by atoms with Crippen molar-refractivity contribution in [3.8, 4) is 0 Å². The van der Waals surface area contributed by atoms with E-state index in [-0.39, 0.29) is 0 Å². The van der Waals surface area contributed by atoms with Crippen LogP contribution in [0.2, 0.25) is 18.1 Å². The lowest BCUT2D eigenvalue weighted by molar-refractivity contribution is 0.557.